The molecule has 2 N–H and O–H groups in total. The fourth-order valence-electron chi connectivity index (χ4n) is 3.95. The first-order valence-electron chi connectivity index (χ1n) is 11.4. The van der Waals surface area contributed by atoms with Crippen molar-refractivity contribution in [1.29, 1.82) is 0 Å². The van der Waals surface area contributed by atoms with Crippen molar-refractivity contribution in [2.45, 2.75) is 31.6 Å². The van der Waals surface area contributed by atoms with Crippen molar-refractivity contribution in [3.8, 4) is 17.4 Å². The van der Waals surface area contributed by atoms with Crippen LogP contribution in [0, 0.1) is 13.8 Å². The predicted octanol–water partition coefficient (Wildman–Crippen LogP) is 2.87. The van der Waals surface area contributed by atoms with Crippen molar-refractivity contribution < 1.29 is 17.6 Å². The lowest BCUT2D eigenvalue weighted by atomic mass is 10.2. The largest absolute Gasteiger partial charge is 0.463 e. The van der Waals surface area contributed by atoms with E-state index < -0.39 is 15.9 Å². The number of benzene rings is 1. The van der Waals surface area contributed by atoms with Crippen LogP contribution in [-0.2, 0) is 10.0 Å². The molecule has 0 radical (unpaired) electrons. The van der Waals surface area contributed by atoms with E-state index in [1.165, 1.54) is 39.5 Å². The van der Waals surface area contributed by atoms with Gasteiger partial charge >= 0.3 is 0 Å². The van der Waals surface area contributed by atoms with E-state index in [-0.39, 0.29) is 27.8 Å². The first-order valence-corrected chi connectivity index (χ1v) is 12.8. The summed E-state index contributed by atoms with van der Waals surface area (Å²) in [6, 6.07) is 10.8. The first kappa shape index (κ1) is 23.7. The van der Waals surface area contributed by atoms with Gasteiger partial charge in [-0.05, 0) is 63.1 Å². The van der Waals surface area contributed by atoms with Gasteiger partial charge in [-0.25, -0.2) is 13.4 Å². The van der Waals surface area contributed by atoms with Crippen molar-refractivity contribution in [1.82, 2.24) is 24.1 Å². The predicted molar refractivity (Wildman–Crippen MR) is 132 cm³/mol. The Morgan fingerprint density at radius 2 is 1.83 bits per heavy atom. The molecule has 11 nitrogen and oxygen atoms in total. The Balaban J connectivity index is 1.46. The molecule has 0 spiro atoms. The summed E-state index contributed by atoms with van der Waals surface area (Å²) >= 11 is 0. The van der Waals surface area contributed by atoms with Gasteiger partial charge in [-0.1, -0.05) is 0 Å². The third-order valence-corrected chi connectivity index (χ3v) is 8.04. The highest BCUT2D eigenvalue weighted by molar-refractivity contribution is 7.89. The van der Waals surface area contributed by atoms with Gasteiger partial charge in [0.25, 0.3) is 11.5 Å². The maximum Gasteiger partial charge on any atom is 0.256 e. The zero-order chi connectivity index (χ0) is 25.4. The number of anilines is 1. The van der Waals surface area contributed by atoms with Gasteiger partial charge in [-0.2, -0.15) is 14.1 Å². The monoisotopic (exact) mass is 508 g/mol. The molecule has 1 aliphatic heterocycles. The fraction of sp³-hybridized carbons (Fsp3) is 0.250. The molecule has 0 aliphatic carbocycles. The number of furan rings is 1. The molecule has 1 amide bonds. The number of rotatable bonds is 6. The molecular formula is C24H24N6O5S. The van der Waals surface area contributed by atoms with Crippen LogP contribution in [0.1, 0.15) is 34.5 Å². The van der Waals surface area contributed by atoms with Crippen molar-refractivity contribution in [2.24, 2.45) is 0 Å². The Hall–Kier alpha value is -4.03. The number of sulfonamides is 1. The fourth-order valence-corrected chi connectivity index (χ4v) is 5.47. The number of aromatic nitrogens is 4. The molecule has 12 heteroatoms. The molecule has 0 bridgehead atoms. The third-order valence-electron chi connectivity index (χ3n) is 6.13. The summed E-state index contributed by atoms with van der Waals surface area (Å²) in [6.45, 7) is 4.38. The molecule has 3 aromatic heterocycles. The van der Waals surface area contributed by atoms with E-state index in [0.717, 1.165) is 12.8 Å². The van der Waals surface area contributed by atoms with Crippen LogP contribution in [0.3, 0.4) is 0 Å². The Bertz CT molecular complexity index is 1580. The lowest BCUT2D eigenvalue weighted by Crippen LogP contribution is -2.27. The summed E-state index contributed by atoms with van der Waals surface area (Å²) < 4.78 is 33.7. The second-order valence-electron chi connectivity index (χ2n) is 8.49. The molecule has 5 rings (SSSR count). The maximum atomic E-state index is 13.1. The lowest BCUT2D eigenvalue weighted by molar-refractivity contribution is 0.102. The van der Waals surface area contributed by atoms with Crippen LogP contribution in [0.2, 0.25) is 0 Å². The van der Waals surface area contributed by atoms with Crippen molar-refractivity contribution in [2.75, 3.05) is 18.4 Å². The highest BCUT2D eigenvalue weighted by Gasteiger charge is 2.27. The second-order valence-corrected chi connectivity index (χ2v) is 10.4. The Labute approximate surface area is 206 Å². The van der Waals surface area contributed by atoms with E-state index in [4.69, 9.17) is 4.42 Å². The van der Waals surface area contributed by atoms with Gasteiger partial charge in [0, 0.05) is 36.0 Å². The van der Waals surface area contributed by atoms with Gasteiger partial charge in [-0.15, -0.1) is 0 Å². The minimum atomic E-state index is -3.58. The SMILES string of the molecule is Cc1nc(-n2nc(-c3ccco3)cc2NC(=O)c2ccc(S(=O)(=O)N3CCCC3)cc2)[nH]c(=O)c1C. The molecule has 4 heterocycles. The van der Waals surface area contributed by atoms with E-state index in [0.29, 0.717) is 35.8 Å². The van der Waals surface area contributed by atoms with Crippen LogP contribution in [0.15, 0.2) is 62.8 Å². The number of hydrogen-bond acceptors (Lipinski definition) is 7. The van der Waals surface area contributed by atoms with Gasteiger partial charge in [0.1, 0.15) is 11.5 Å². The Morgan fingerprint density at radius 3 is 2.47 bits per heavy atom. The van der Waals surface area contributed by atoms with Crippen LogP contribution < -0.4 is 10.9 Å². The van der Waals surface area contributed by atoms with Crippen LogP contribution in [0.5, 0.6) is 0 Å². The normalized spacial score (nSPS) is 14.3. The zero-order valence-electron chi connectivity index (χ0n) is 19.7. The molecule has 1 aromatic carbocycles. The van der Waals surface area contributed by atoms with Crippen LogP contribution in [0.25, 0.3) is 17.4 Å². The number of aromatic amines is 1. The van der Waals surface area contributed by atoms with Crippen molar-refractivity contribution in [3.05, 3.63) is 75.9 Å². The molecule has 1 saturated heterocycles. The number of carbonyl (C=O) groups is 1. The average molecular weight is 509 g/mol. The van der Waals surface area contributed by atoms with Gasteiger partial charge in [0.15, 0.2) is 5.76 Å². The number of nitrogens with zero attached hydrogens (tertiary/aromatic N) is 4. The number of hydrogen-bond donors (Lipinski definition) is 2. The van der Waals surface area contributed by atoms with E-state index in [1.54, 1.807) is 32.0 Å². The van der Waals surface area contributed by atoms with Gasteiger partial charge < -0.3 is 9.73 Å². The first-order chi connectivity index (χ1) is 17.2. The van der Waals surface area contributed by atoms with Crippen molar-refractivity contribution >= 4 is 21.7 Å². The molecule has 36 heavy (non-hydrogen) atoms. The molecule has 0 unspecified atom stereocenters. The van der Waals surface area contributed by atoms with Crippen molar-refractivity contribution in [3.63, 3.8) is 0 Å². The molecule has 1 aliphatic rings. The summed E-state index contributed by atoms with van der Waals surface area (Å²) in [4.78, 5) is 32.6. The highest BCUT2D eigenvalue weighted by Crippen LogP contribution is 2.25. The highest BCUT2D eigenvalue weighted by atomic mass is 32.2. The second kappa shape index (κ2) is 9.21. The minimum Gasteiger partial charge on any atom is -0.463 e. The van der Waals surface area contributed by atoms with E-state index >= 15 is 0 Å². The van der Waals surface area contributed by atoms with Gasteiger partial charge in [0.05, 0.1) is 11.2 Å². The molecule has 4 aromatic rings. The zero-order valence-corrected chi connectivity index (χ0v) is 20.5. The minimum absolute atomic E-state index is 0.128. The maximum absolute atomic E-state index is 13.1. The quantitative estimate of drug-likeness (QED) is 0.408. The topological polar surface area (TPSA) is 143 Å². The van der Waals surface area contributed by atoms with E-state index in [9.17, 15) is 18.0 Å². The number of H-pyrrole nitrogens is 1. The summed E-state index contributed by atoms with van der Waals surface area (Å²) in [6.07, 6.45) is 3.18. The molecule has 0 atom stereocenters. The standard InChI is InChI=1S/C24H24N6O5S/c1-15-16(2)25-24(27-22(15)31)30-21(14-19(28-30)20-6-5-13-35-20)26-23(32)17-7-9-18(10-8-17)36(33,34)29-11-3-4-12-29/h5-10,13-14H,3-4,11-12H2,1-2H3,(H,26,32)(H,25,27,31). The summed E-state index contributed by atoms with van der Waals surface area (Å²) in [5.74, 6) is 0.347. The number of carbonyl (C=O) groups excluding carboxylic acids is 1. The Morgan fingerprint density at radius 1 is 1.11 bits per heavy atom. The smallest absolute Gasteiger partial charge is 0.256 e. The number of amides is 1. The van der Waals surface area contributed by atoms with Gasteiger partial charge in [0.2, 0.25) is 16.0 Å². The lowest BCUT2D eigenvalue weighted by Gasteiger charge is -2.15. The summed E-state index contributed by atoms with van der Waals surface area (Å²) in [5.41, 5.74) is 1.36. The summed E-state index contributed by atoms with van der Waals surface area (Å²) in [7, 11) is -3.58. The third kappa shape index (κ3) is 4.36. The van der Waals surface area contributed by atoms with Gasteiger partial charge in [-0.3, -0.25) is 14.6 Å². The molecular weight excluding hydrogens is 484 g/mol. The number of aryl methyl sites for hydroxylation is 1. The molecule has 186 valence electrons. The van der Waals surface area contributed by atoms with Crippen LogP contribution >= 0.6 is 0 Å². The molecule has 1 fully saturated rings. The summed E-state index contributed by atoms with van der Waals surface area (Å²) in [5, 5.41) is 7.24. The van der Waals surface area contributed by atoms with Crippen LogP contribution in [-0.4, -0.2) is 51.5 Å². The van der Waals surface area contributed by atoms with E-state index in [1.807, 2.05) is 0 Å². The van der Waals surface area contributed by atoms with E-state index in [2.05, 4.69) is 20.4 Å². The van der Waals surface area contributed by atoms with Crippen LogP contribution in [0.4, 0.5) is 5.82 Å². The Kier molecular flexibility index (Phi) is 6.06. The molecule has 0 saturated carbocycles. The number of nitrogens with one attached hydrogen (secondary N) is 2. The average Bonchev–Trinajstić information content (AvgIpc) is 3.64.